The Kier molecular flexibility index (Phi) is 6.73. The van der Waals surface area contributed by atoms with E-state index in [-0.39, 0.29) is 16.7 Å². The first-order valence-corrected chi connectivity index (χ1v) is 13.1. The Morgan fingerprint density at radius 3 is 2.31 bits per heavy atom. The molecule has 0 aliphatic carbocycles. The summed E-state index contributed by atoms with van der Waals surface area (Å²) >= 11 is 12.4. The van der Waals surface area contributed by atoms with E-state index in [4.69, 9.17) is 32.4 Å². The van der Waals surface area contributed by atoms with E-state index in [1.807, 2.05) is 31.2 Å². The zero-order valence-corrected chi connectivity index (χ0v) is 23.6. The van der Waals surface area contributed by atoms with Crippen LogP contribution in [-0.4, -0.2) is 23.9 Å². The van der Waals surface area contributed by atoms with E-state index in [0.717, 1.165) is 11.1 Å². The first-order chi connectivity index (χ1) is 18.4. The number of Topliss-reactive ketones (excluding diaryl/α,β-unsaturated/α-hetero) is 1. The van der Waals surface area contributed by atoms with Gasteiger partial charge in [0.05, 0.1) is 18.7 Å². The van der Waals surface area contributed by atoms with Gasteiger partial charge in [0.15, 0.2) is 22.9 Å². The number of ether oxygens (including phenoxy) is 1. The second-order valence-corrected chi connectivity index (χ2v) is 11.5. The summed E-state index contributed by atoms with van der Waals surface area (Å²) in [5, 5.41) is 12.6. The van der Waals surface area contributed by atoms with Crippen LogP contribution in [0.4, 0.5) is 5.69 Å². The van der Waals surface area contributed by atoms with Crippen LogP contribution in [0.15, 0.2) is 76.4 Å². The number of amides is 1. The minimum absolute atomic E-state index is 0.0501. The first kappa shape index (κ1) is 26.9. The summed E-state index contributed by atoms with van der Waals surface area (Å²) in [7, 11) is 1.47. The van der Waals surface area contributed by atoms with Crippen molar-refractivity contribution < 1.29 is 23.8 Å². The van der Waals surface area contributed by atoms with Gasteiger partial charge in [-0.05, 0) is 59.4 Å². The number of hydrogen-bond donors (Lipinski definition) is 1. The summed E-state index contributed by atoms with van der Waals surface area (Å²) in [6.07, 6.45) is 0. The molecule has 0 spiro atoms. The average molecular weight is 564 g/mol. The SMILES string of the molecule is COc1cc(Cl)cc2cc(C(=O)C3=C(O)C(=O)N(c4ccc(Cl)cc4C)C3c3ccc(C(C)(C)C)cc3)oc12. The molecule has 2 heterocycles. The topological polar surface area (TPSA) is 80.0 Å². The highest BCUT2D eigenvalue weighted by Crippen LogP contribution is 2.44. The molecule has 3 aromatic carbocycles. The maximum atomic E-state index is 14.0. The number of ketones is 1. The van der Waals surface area contributed by atoms with Gasteiger partial charge < -0.3 is 14.3 Å². The van der Waals surface area contributed by atoms with E-state index in [1.54, 1.807) is 30.3 Å². The average Bonchev–Trinajstić information content (AvgIpc) is 3.42. The van der Waals surface area contributed by atoms with Crippen molar-refractivity contribution in [3.8, 4) is 5.75 Å². The molecule has 0 bridgehead atoms. The molecule has 200 valence electrons. The van der Waals surface area contributed by atoms with Gasteiger partial charge in [0.2, 0.25) is 5.78 Å². The van der Waals surface area contributed by atoms with Gasteiger partial charge in [0, 0.05) is 27.2 Å². The maximum absolute atomic E-state index is 14.0. The molecule has 39 heavy (non-hydrogen) atoms. The maximum Gasteiger partial charge on any atom is 0.294 e. The fourth-order valence-corrected chi connectivity index (χ4v) is 5.38. The number of furan rings is 1. The third-order valence-electron chi connectivity index (χ3n) is 6.95. The van der Waals surface area contributed by atoms with E-state index < -0.39 is 23.5 Å². The Bertz CT molecular complexity index is 1660. The van der Waals surface area contributed by atoms with Crippen LogP contribution in [0.5, 0.6) is 5.75 Å². The molecule has 5 rings (SSSR count). The standard InChI is InChI=1S/C31H27Cl2NO5/c1-16-12-20(32)10-11-22(16)34-26(17-6-8-19(9-7-17)31(2,3)4)25(28(36)30(34)37)27(35)23-14-18-13-21(33)15-24(38-5)29(18)39-23/h6-15,26,36H,1-5H3. The summed E-state index contributed by atoms with van der Waals surface area (Å²) < 4.78 is 11.3. The molecule has 0 saturated carbocycles. The number of aryl methyl sites for hydroxylation is 1. The molecule has 6 nitrogen and oxygen atoms in total. The zero-order valence-electron chi connectivity index (χ0n) is 22.1. The quantitative estimate of drug-likeness (QED) is 0.248. The lowest BCUT2D eigenvalue weighted by Gasteiger charge is -2.29. The summed E-state index contributed by atoms with van der Waals surface area (Å²) in [6, 6.07) is 16.7. The molecule has 1 atom stereocenters. The van der Waals surface area contributed by atoms with E-state index >= 15 is 0 Å². The molecule has 8 heteroatoms. The van der Waals surface area contributed by atoms with Gasteiger partial charge in [-0.3, -0.25) is 14.5 Å². The van der Waals surface area contributed by atoms with Crippen molar-refractivity contribution in [1.82, 2.24) is 0 Å². The summed E-state index contributed by atoms with van der Waals surface area (Å²) in [5.74, 6) is -1.62. The molecule has 0 radical (unpaired) electrons. The van der Waals surface area contributed by atoms with Crippen LogP contribution in [0.1, 0.15) is 54.1 Å². The van der Waals surface area contributed by atoms with Crippen molar-refractivity contribution >= 4 is 51.5 Å². The minimum Gasteiger partial charge on any atom is -0.503 e. The number of carbonyl (C=O) groups excluding carboxylic acids is 2. The molecule has 1 amide bonds. The van der Waals surface area contributed by atoms with Crippen LogP contribution in [0, 0.1) is 6.92 Å². The molecule has 1 aliphatic rings. The number of fused-ring (bicyclic) bond motifs is 1. The number of halogens is 2. The monoisotopic (exact) mass is 563 g/mol. The summed E-state index contributed by atoms with van der Waals surface area (Å²) in [5.41, 5.74) is 3.16. The summed E-state index contributed by atoms with van der Waals surface area (Å²) in [4.78, 5) is 29.0. The van der Waals surface area contributed by atoms with Crippen LogP contribution in [-0.2, 0) is 10.2 Å². The second kappa shape index (κ2) is 9.78. The molecular formula is C31H27Cl2NO5. The minimum atomic E-state index is -0.905. The van der Waals surface area contributed by atoms with E-state index in [9.17, 15) is 14.7 Å². The van der Waals surface area contributed by atoms with Crippen molar-refractivity contribution in [3.05, 3.63) is 104 Å². The third kappa shape index (κ3) is 4.68. The predicted molar refractivity (Wildman–Crippen MR) is 153 cm³/mol. The normalized spacial score (nSPS) is 15.9. The largest absolute Gasteiger partial charge is 0.503 e. The molecule has 4 aromatic rings. The van der Waals surface area contributed by atoms with E-state index in [0.29, 0.717) is 38.0 Å². The molecule has 1 unspecified atom stereocenters. The molecule has 1 N–H and O–H groups in total. The van der Waals surface area contributed by atoms with Crippen molar-refractivity contribution in [2.75, 3.05) is 12.0 Å². The van der Waals surface area contributed by atoms with Gasteiger partial charge in [-0.25, -0.2) is 0 Å². The third-order valence-corrected chi connectivity index (χ3v) is 7.41. The second-order valence-electron chi connectivity index (χ2n) is 10.6. The number of benzene rings is 3. The van der Waals surface area contributed by atoms with Gasteiger partial charge in [0.25, 0.3) is 5.91 Å². The number of aliphatic hydroxyl groups is 1. The number of carbonyl (C=O) groups is 2. The predicted octanol–water partition coefficient (Wildman–Crippen LogP) is 8.14. The lowest BCUT2D eigenvalue weighted by atomic mass is 9.85. The fraction of sp³-hybridized carbons (Fsp3) is 0.226. The Labute approximate surface area is 236 Å². The van der Waals surface area contributed by atoms with Gasteiger partial charge in [-0.2, -0.15) is 0 Å². The first-order valence-electron chi connectivity index (χ1n) is 12.4. The van der Waals surface area contributed by atoms with Crippen LogP contribution >= 0.6 is 23.2 Å². The lowest BCUT2D eigenvalue weighted by molar-refractivity contribution is -0.117. The molecule has 0 saturated heterocycles. The number of nitrogens with zero attached hydrogens (tertiary/aromatic N) is 1. The van der Waals surface area contributed by atoms with Gasteiger partial charge in [-0.15, -0.1) is 0 Å². The van der Waals surface area contributed by atoms with Crippen LogP contribution < -0.4 is 9.64 Å². The van der Waals surface area contributed by atoms with Crippen molar-refractivity contribution in [2.45, 2.75) is 39.2 Å². The summed E-state index contributed by atoms with van der Waals surface area (Å²) in [6.45, 7) is 8.13. The van der Waals surface area contributed by atoms with Gasteiger partial charge in [-0.1, -0.05) is 68.2 Å². The Morgan fingerprint density at radius 2 is 1.69 bits per heavy atom. The highest BCUT2D eigenvalue weighted by Gasteiger charge is 2.46. The Balaban J connectivity index is 1.68. The molecule has 1 aliphatic heterocycles. The van der Waals surface area contributed by atoms with Crippen molar-refractivity contribution in [1.29, 1.82) is 0 Å². The molecule has 0 fully saturated rings. The highest BCUT2D eigenvalue weighted by atomic mass is 35.5. The van der Waals surface area contributed by atoms with Crippen molar-refractivity contribution in [3.63, 3.8) is 0 Å². The number of hydrogen-bond acceptors (Lipinski definition) is 5. The Morgan fingerprint density at radius 1 is 1.00 bits per heavy atom. The van der Waals surface area contributed by atoms with E-state index in [1.165, 1.54) is 18.1 Å². The van der Waals surface area contributed by atoms with Gasteiger partial charge >= 0.3 is 0 Å². The number of anilines is 1. The number of rotatable bonds is 5. The zero-order chi connectivity index (χ0) is 28.2. The number of aliphatic hydroxyl groups excluding tert-OH is 1. The van der Waals surface area contributed by atoms with Crippen LogP contribution in [0.25, 0.3) is 11.0 Å². The van der Waals surface area contributed by atoms with Crippen LogP contribution in [0.3, 0.4) is 0 Å². The fourth-order valence-electron chi connectivity index (χ4n) is 4.94. The molecular weight excluding hydrogens is 537 g/mol. The number of methoxy groups -OCH3 is 1. The molecule has 1 aromatic heterocycles. The van der Waals surface area contributed by atoms with Crippen LogP contribution in [0.2, 0.25) is 10.0 Å². The Hall–Kier alpha value is -3.74. The van der Waals surface area contributed by atoms with E-state index in [2.05, 4.69) is 20.8 Å². The smallest absolute Gasteiger partial charge is 0.294 e. The van der Waals surface area contributed by atoms with Gasteiger partial charge in [0.1, 0.15) is 0 Å². The lowest BCUT2D eigenvalue weighted by Crippen LogP contribution is -2.31. The highest BCUT2D eigenvalue weighted by molar-refractivity contribution is 6.32. The van der Waals surface area contributed by atoms with Crippen molar-refractivity contribution in [2.24, 2.45) is 0 Å².